The van der Waals surface area contributed by atoms with Crippen molar-refractivity contribution >= 4 is 11.6 Å². The predicted octanol–water partition coefficient (Wildman–Crippen LogP) is 1.59. The molecule has 21 heavy (non-hydrogen) atoms. The second-order valence-electron chi connectivity index (χ2n) is 5.50. The first-order valence-electron chi connectivity index (χ1n) is 7.60. The lowest BCUT2D eigenvalue weighted by Gasteiger charge is -2.21. The van der Waals surface area contributed by atoms with Gasteiger partial charge in [0.15, 0.2) is 0 Å². The Balaban J connectivity index is 1.65. The fourth-order valence-corrected chi connectivity index (χ4v) is 2.47. The van der Waals surface area contributed by atoms with Crippen molar-refractivity contribution in [3.05, 3.63) is 24.3 Å². The number of carbonyl (C=O) groups is 1. The molecule has 1 aromatic rings. The van der Waals surface area contributed by atoms with Crippen molar-refractivity contribution in [3.63, 3.8) is 0 Å². The molecule has 2 rings (SSSR count). The zero-order valence-electron chi connectivity index (χ0n) is 12.8. The standard InChI is InChI=1S/C16H25N3O2/c1-18(11-12-19-9-4-5-10-19)16(20)8-13-21-15-7-3-2-6-14(15)17/h2-3,6-7H,4-5,8-13,17H2,1H3. The third-order valence-electron chi connectivity index (χ3n) is 3.87. The molecule has 0 aromatic heterocycles. The van der Waals surface area contributed by atoms with Gasteiger partial charge >= 0.3 is 0 Å². The molecule has 1 aromatic carbocycles. The van der Waals surface area contributed by atoms with E-state index >= 15 is 0 Å². The number of nitrogens with two attached hydrogens (primary N) is 1. The van der Waals surface area contributed by atoms with Crippen molar-refractivity contribution in [1.29, 1.82) is 0 Å². The number of likely N-dealkylation sites (N-methyl/N-ethyl adjacent to an activating group) is 1. The molecule has 0 unspecified atom stereocenters. The summed E-state index contributed by atoms with van der Waals surface area (Å²) in [5.41, 5.74) is 6.39. The first kappa shape index (κ1) is 15.6. The van der Waals surface area contributed by atoms with Crippen LogP contribution in [0.4, 0.5) is 5.69 Å². The fourth-order valence-electron chi connectivity index (χ4n) is 2.47. The van der Waals surface area contributed by atoms with Gasteiger partial charge in [-0.25, -0.2) is 0 Å². The molecule has 0 atom stereocenters. The number of amides is 1. The molecule has 1 aliphatic rings. The Morgan fingerprint density at radius 3 is 2.76 bits per heavy atom. The van der Waals surface area contributed by atoms with Gasteiger partial charge in [0.2, 0.25) is 5.91 Å². The van der Waals surface area contributed by atoms with E-state index in [2.05, 4.69) is 4.90 Å². The summed E-state index contributed by atoms with van der Waals surface area (Å²) in [7, 11) is 1.86. The van der Waals surface area contributed by atoms with Crippen molar-refractivity contribution in [1.82, 2.24) is 9.80 Å². The van der Waals surface area contributed by atoms with Crippen LogP contribution >= 0.6 is 0 Å². The molecule has 5 nitrogen and oxygen atoms in total. The SMILES string of the molecule is CN(CCN1CCCC1)C(=O)CCOc1ccccc1N. The highest BCUT2D eigenvalue weighted by molar-refractivity contribution is 5.76. The molecular weight excluding hydrogens is 266 g/mol. The van der Waals surface area contributed by atoms with Crippen LogP contribution in [0.5, 0.6) is 5.75 Å². The highest BCUT2D eigenvalue weighted by Crippen LogP contribution is 2.19. The molecule has 1 heterocycles. The van der Waals surface area contributed by atoms with Gasteiger partial charge in [-0.1, -0.05) is 12.1 Å². The Morgan fingerprint density at radius 2 is 2.05 bits per heavy atom. The van der Waals surface area contributed by atoms with Crippen molar-refractivity contribution < 1.29 is 9.53 Å². The average molecular weight is 291 g/mol. The number of ether oxygens (including phenoxy) is 1. The van der Waals surface area contributed by atoms with E-state index in [0.29, 0.717) is 24.5 Å². The number of hydrogen-bond acceptors (Lipinski definition) is 4. The van der Waals surface area contributed by atoms with Crippen LogP contribution in [-0.2, 0) is 4.79 Å². The molecule has 0 spiro atoms. The molecule has 0 bridgehead atoms. The van der Waals surface area contributed by atoms with Crippen LogP contribution in [-0.4, -0.2) is 55.5 Å². The number of nitrogens with zero attached hydrogens (tertiary/aromatic N) is 2. The molecule has 5 heteroatoms. The van der Waals surface area contributed by atoms with Crippen molar-refractivity contribution in [2.45, 2.75) is 19.3 Å². The summed E-state index contributed by atoms with van der Waals surface area (Å²) in [5.74, 6) is 0.758. The summed E-state index contributed by atoms with van der Waals surface area (Å²) in [6.45, 7) is 4.44. The van der Waals surface area contributed by atoms with Gasteiger partial charge in [0.05, 0.1) is 18.7 Å². The van der Waals surface area contributed by atoms with Crippen LogP contribution in [0.3, 0.4) is 0 Å². The minimum Gasteiger partial charge on any atom is -0.491 e. The van der Waals surface area contributed by atoms with Gasteiger partial charge in [-0.05, 0) is 38.1 Å². The van der Waals surface area contributed by atoms with Crippen molar-refractivity contribution in [2.75, 3.05) is 45.6 Å². The number of carbonyl (C=O) groups excluding carboxylic acids is 1. The Morgan fingerprint density at radius 1 is 1.33 bits per heavy atom. The van der Waals surface area contributed by atoms with Gasteiger partial charge in [-0.2, -0.15) is 0 Å². The molecule has 1 aliphatic heterocycles. The van der Waals surface area contributed by atoms with Gasteiger partial charge < -0.3 is 20.3 Å². The van der Waals surface area contributed by atoms with Crippen molar-refractivity contribution in [3.8, 4) is 5.75 Å². The quantitative estimate of drug-likeness (QED) is 0.775. The first-order valence-corrected chi connectivity index (χ1v) is 7.60. The van der Waals surface area contributed by atoms with E-state index < -0.39 is 0 Å². The number of rotatable bonds is 7. The van der Waals surface area contributed by atoms with Gasteiger partial charge in [0.25, 0.3) is 0 Å². The second kappa shape index (κ2) is 7.88. The van der Waals surface area contributed by atoms with Crippen LogP contribution in [0.15, 0.2) is 24.3 Å². The van der Waals surface area contributed by atoms with E-state index in [-0.39, 0.29) is 5.91 Å². The number of hydrogen-bond donors (Lipinski definition) is 1. The highest BCUT2D eigenvalue weighted by atomic mass is 16.5. The Kier molecular flexibility index (Phi) is 5.87. The van der Waals surface area contributed by atoms with Crippen molar-refractivity contribution in [2.24, 2.45) is 0 Å². The third-order valence-corrected chi connectivity index (χ3v) is 3.87. The monoisotopic (exact) mass is 291 g/mol. The minimum absolute atomic E-state index is 0.115. The number of nitrogen functional groups attached to an aromatic ring is 1. The summed E-state index contributed by atoms with van der Waals surface area (Å²) in [6, 6.07) is 7.34. The van der Waals surface area contributed by atoms with Crippen LogP contribution in [0.1, 0.15) is 19.3 Å². The normalized spacial score (nSPS) is 15.1. The van der Waals surface area contributed by atoms with Crippen LogP contribution in [0, 0.1) is 0 Å². The number of benzene rings is 1. The van der Waals surface area contributed by atoms with Gasteiger partial charge in [-0.3, -0.25) is 4.79 Å². The lowest BCUT2D eigenvalue weighted by Crippen LogP contribution is -2.35. The average Bonchev–Trinajstić information content (AvgIpc) is 3.00. The molecule has 1 amide bonds. The molecule has 1 fully saturated rings. The first-order chi connectivity index (χ1) is 10.2. The number of anilines is 1. The summed E-state index contributed by atoms with van der Waals surface area (Å²) in [6.07, 6.45) is 2.94. The fraction of sp³-hybridized carbons (Fsp3) is 0.562. The van der Waals surface area contributed by atoms with Gasteiger partial charge in [0, 0.05) is 20.1 Å². The molecule has 0 saturated carbocycles. The van der Waals surface area contributed by atoms with Crippen LogP contribution in [0.25, 0.3) is 0 Å². The van der Waals surface area contributed by atoms with E-state index in [0.717, 1.165) is 13.1 Å². The molecule has 0 aliphatic carbocycles. The minimum atomic E-state index is 0.115. The third kappa shape index (κ3) is 4.93. The highest BCUT2D eigenvalue weighted by Gasteiger charge is 2.14. The maximum atomic E-state index is 12.0. The summed E-state index contributed by atoms with van der Waals surface area (Å²) >= 11 is 0. The molecule has 2 N–H and O–H groups in total. The molecule has 1 saturated heterocycles. The number of para-hydroxylation sites is 2. The van der Waals surface area contributed by atoms with E-state index in [4.69, 9.17) is 10.5 Å². The predicted molar refractivity (Wildman–Crippen MR) is 84.3 cm³/mol. The van der Waals surface area contributed by atoms with E-state index in [1.165, 1.54) is 25.9 Å². The summed E-state index contributed by atoms with van der Waals surface area (Å²) < 4.78 is 5.55. The molecule has 116 valence electrons. The summed E-state index contributed by atoms with van der Waals surface area (Å²) in [5, 5.41) is 0. The maximum absolute atomic E-state index is 12.0. The zero-order chi connectivity index (χ0) is 15.1. The van der Waals surface area contributed by atoms with E-state index in [9.17, 15) is 4.79 Å². The molecule has 0 radical (unpaired) electrons. The zero-order valence-corrected chi connectivity index (χ0v) is 12.8. The lowest BCUT2D eigenvalue weighted by molar-refractivity contribution is -0.130. The van der Waals surface area contributed by atoms with Crippen LogP contribution in [0.2, 0.25) is 0 Å². The van der Waals surface area contributed by atoms with Gasteiger partial charge in [0.1, 0.15) is 5.75 Å². The largest absolute Gasteiger partial charge is 0.491 e. The Hall–Kier alpha value is -1.75. The van der Waals surface area contributed by atoms with E-state index in [1.54, 1.807) is 11.0 Å². The van der Waals surface area contributed by atoms with Gasteiger partial charge in [-0.15, -0.1) is 0 Å². The van der Waals surface area contributed by atoms with E-state index in [1.807, 2.05) is 25.2 Å². The maximum Gasteiger partial charge on any atom is 0.225 e. The summed E-state index contributed by atoms with van der Waals surface area (Å²) in [4.78, 5) is 16.2. The smallest absolute Gasteiger partial charge is 0.225 e. The Bertz CT molecular complexity index is 459. The Labute approximate surface area is 126 Å². The molecular formula is C16H25N3O2. The van der Waals surface area contributed by atoms with Crippen LogP contribution < -0.4 is 10.5 Å². The number of likely N-dealkylation sites (tertiary alicyclic amines) is 1. The second-order valence-corrected chi connectivity index (χ2v) is 5.50. The lowest BCUT2D eigenvalue weighted by atomic mass is 10.3. The topological polar surface area (TPSA) is 58.8 Å².